The summed E-state index contributed by atoms with van der Waals surface area (Å²) in [6.07, 6.45) is 84.2. The summed E-state index contributed by atoms with van der Waals surface area (Å²) < 4.78 is 23.1. The van der Waals surface area contributed by atoms with Crippen molar-refractivity contribution < 1.29 is 32.9 Å². The lowest BCUT2D eigenvalue weighted by atomic mass is 10.1. The Morgan fingerprint density at radius 3 is 1.22 bits per heavy atom. The largest absolute Gasteiger partial charge is 0.756 e. The van der Waals surface area contributed by atoms with Gasteiger partial charge in [-0.3, -0.25) is 9.36 Å². The van der Waals surface area contributed by atoms with E-state index < -0.39 is 26.6 Å². The first-order chi connectivity index (χ1) is 35.0. The first-order valence-corrected chi connectivity index (χ1v) is 28.6. The normalized spacial score (nSPS) is 15.4. The van der Waals surface area contributed by atoms with Gasteiger partial charge >= 0.3 is 0 Å². The zero-order chi connectivity index (χ0) is 52.7. The second kappa shape index (κ2) is 51.5. The van der Waals surface area contributed by atoms with E-state index in [-0.39, 0.29) is 18.9 Å². The molecule has 0 radical (unpaired) electrons. The van der Waals surface area contributed by atoms with E-state index in [4.69, 9.17) is 9.05 Å². The molecule has 0 saturated heterocycles. The zero-order valence-corrected chi connectivity index (χ0v) is 46.4. The van der Waals surface area contributed by atoms with Crippen molar-refractivity contribution in [3.05, 3.63) is 182 Å². The van der Waals surface area contributed by atoms with Crippen molar-refractivity contribution in [1.82, 2.24) is 5.32 Å². The quantitative estimate of drug-likeness (QED) is 0.0272. The number of hydrogen-bond donors (Lipinski definition) is 2. The molecule has 72 heavy (non-hydrogen) atoms. The Morgan fingerprint density at radius 2 is 0.847 bits per heavy atom. The predicted octanol–water partition coefficient (Wildman–Crippen LogP) is 16.0. The maximum absolute atomic E-state index is 12.9. The fourth-order valence-corrected chi connectivity index (χ4v) is 7.07. The van der Waals surface area contributed by atoms with E-state index in [9.17, 15) is 19.4 Å². The smallest absolute Gasteiger partial charge is 0.268 e. The second-order valence-corrected chi connectivity index (χ2v) is 19.9. The summed E-state index contributed by atoms with van der Waals surface area (Å²) in [6.45, 7) is 4.34. The number of nitrogens with zero attached hydrogens (tertiary/aromatic N) is 1. The van der Waals surface area contributed by atoms with Gasteiger partial charge in [-0.05, 0) is 128 Å². The van der Waals surface area contributed by atoms with Crippen LogP contribution < -0.4 is 10.2 Å². The molecule has 0 rings (SSSR count). The Bertz CT molecular complexity index is 1810. The number of hydrogen-bond acceptors (Lipinski definition) is 6. The number of aliphatic hydroxyl groups excluding tert-OH is 1. The standard InChI is InChI=1S/C63H99N2O6P/c1-6-8-10-12-14-16-18-19-20-21-22-23-24-25-26-27-28-29-30-31-32-33-34-35-36-37-38-39-40-41-42-43-44-45-47-49-51-53-55-57-63(67)64-61(60-71-72(68,69)70-59-58-65(3,4)5)62(66)56-54-52-50-48-46-17-15-13-11-9-7-2/h8,10-11,13-14,16,19-20,22-23,25-26,28-29,31-32,34-35,37-38,40-41,43-44,46-49,54,56,61-62,66H,6-7,9,12,15,17-18,21,24,27,30,33,36,39,42,45,50-53,55,57-60H2,1-5H3,(H-,64,67,68,69)/b10-8-,13-11+,16-14-,20-19-,23-22-,26-25-,29-28-,32-31-,35-34-,38-37-,41-40-,44-43-,48-46+,49-47-,56-54+. The average Bonchev–Trinajstić information content (AvgIpc) is 3.34. The molecule has 0 aromatic rings. The SMILES string of the molecule is CC/C=C\C/C=C\C/C=C\C/C=C\C/C=C\C/C=C\C/C=C\C/C=C\C/C=C\C/C=C\C/C=C\C/C=C\CCCCC(=O)NC(COP(=O)([O-])OCC[N+](C)(C)C)C(O)/C=C/CC/C=C/CC/C=C/CCC. The Hall–Kier alpha value is -4.40. The van der Waals surface area contributed by atoms with E-state index in [1.807, 2.05) is 27.2 Å². The molecule has 0 spiro atoms. The number of carbonyl (C=O) groups excluding carboxylic acids is 1. The van der Waals surface area contributed by atoms with Crippen molar-refractivity contribution in [1.29, 1.82) is 0 Å². The van der Waals surface area contributed by atoms with Crippen molar-refractivity contribution in [2.24, 2.45) is 0 Å². The van der Waals surface area contributed by atoms with Gasteiger partial charge in [-0.1, -0.05) is 203 Å². The Labute approximate surface area is 440 Å². The molecule has 3 atom stereocenters. The van der Waals surface area contributed by atoms with Crippen molar-refractivity contribution >= 4 is 13.7 Å². The summed E-state index contributed by atoms with van der Waals surface area (Å²) in [5.41, 5.74) is 0. The van der Waals surface area contributed by atoms with Gasteiger partial charge in [0.2, 0.25) is 5.91 Å². The number of carbonyl (C=O) groups is 1. The number of unbranched alkanes of at least 4 members (excludes halogenated alkanes) is 5. The van der Waals surface area contributed by atoms with E-state index in [2.05, 4.69) is 189 Å². The molecule has 0 aliphatic heterocycles. The highest BCUT2D eigenvalue weighted by molar-refractivity contribution is 7.45. The third-order valence-corrected chi connectivity index (χ3v) is 11.5. The van der Waals surface area contributed by atoms with Gasteiger partial charge in [0.15, 0.2) is 0 Å². The summed E-state index contributed by atoms with van der Waals surface area (Å²) in [6, 6.07) is -0.946. The number of allylic oxidation sites excluding steroid dienone is 29. The second-order valence-electron chi connectivity index (χ2n) is 18.5. The number of amides is 1. The molecule has 0 aromatic heterocycles. The van der Waals surface area contributed by atoms with Crippen LogP contribution in [-0.2, 0) is 18.4 Å². The lowest BCUT2D eigenvalue weighted by molar-refractivity contribution is -0.870. The monoisotopic (exact) mass is 1010 g/mol. The van der Waals surface area contributed by atoms with Gasteiger partial charge in [0.1, 0.15) is 13.2 Å². The lowest BCUT2D eigenvalue weighted by Gasteiger charge is -2.29. The van der Waals surface area contributed by atoms with Crippen LogP contribution in [0.25, 0.3) is 0 Å². The Morgan fingerprint density at radius 1 is 0.500 bits per heavy atom. The molecule has 0 saturated carbocycles. The maximum Gasteiger partial charge on any atom is 0.268 e. The highest BCUT2D eigenvalue weighted by Crippen LogP contribution is 2.38. The minimum absolute atomic E-state index is 0.0286. The highest BCUT2D eigenvalue weighted by atomic mass is 31.2. The summed E-state index contributed by atoms with van der Waals surface area (Å²) in [4.78, 5) is 25.3. The summed E-state index contributed by atoms with van der Waals surface area (Å²) in [7, 11) is 1.17. The molecule has 402 valence electrons. The van der Waals surface area contributed by atoms with Crippen LogP contribution in [0.4, 0.5) is 0 Å². The van der Waals surface area contributed by atoms with Crippen LogP contribution in [0.15, 0.2) is 182 Å². The number of aliphatic hydroxyl groups is 1. The number of likely N-dealkylation sites (N-methyl/N-ethyl adjacent to an activating group) is 1. The third kappa shape index (κ3) is 53.4. The number of rotatable bonds is 46. The van der Waals surface area contributed by atoms with E-state index in [0.29, 0.717) is 23.9 Å². The van der Waals surface area contributed by atoms with Gasteiger partial charge in [0.05, 0.1) is 39.9 Å². The van der Waals surface area contributed by atoms with Crippen LogP contribution in [0, 0.1) is 0 Å². The van der Waals surface area contributed by atoms with Crippen molar-refractivity contribution in [3.8, 4) is 0 Å². The predicted molar refractivity (Wildman–Crippen MR) is 310 cm³/mol. The van der Waals surface area contributed by atoms with Crippen molar-refractivity contribution in [3.63, 3.8) is 0 Å². The van der Waals surface area contributed by atoms with E-state index in [0.717, 1.165) is 122 Å². The summed E-state index contributed by atoms with van der Waals surface area (Å²) in [5.74, 6) is -0.265. The number of phosphoric acid groups is 1. The van der Waals surface area contributed by atoms with Crippen LogP contribution >= 0.6 is 7.82 Å². The molecular weight excluding hydrogens is 912 g/mol. The number of quaternary nitrogens is 1. The minimum Gasteiger partial charge on any atom is -0.756 e. The van der Waals surface area contributed by atoms with Gasteiger partial charge in [-0.25, -0.2) is 0 Å². The lowest BCUT2D eigenvalue weighted by Crippen LogP contribution is -2.45. The molecule has 0 aliphatic carbocycles. The fraction of sp³-hybridized carbons (Fsp3) is 0.508. The zero-order valence-electron chi connectivity index (χ0n) is 45.5. The first-order valence-electron chi connectivity index (χ1n) is 27.1. The molecule has 0 heterocycles. The molecule has 1 amide bonds. The molecule has 8 nitrogen and oxygen atoms in total. The fourth-order valence-electron chi connectivity index (χ4n) is 6.35. The highest BCUT2D eigenvalue weighted by Gasteiger charge is 2.23. The van der Waals surface area contributed by atoms with Crippen LogP contribution in [0.5, 0.6) is 0 Å². The van der Waals surface area contributed by atoms with Crippen LogP contribution in [0.2, 0.25) is 0 Å². The van der Waals surface area contributed by atoms with Gasteiger partial charge in [-0.2, -0.15) is 0 Å². The average molecular weight is 1010 g/mol. The summed E-state index contributed by atoms with van der Waals surface area (Å²) >= 11 is 0. The van der Waals surface area contributed by atoms with Gasteiger partial charge in [-0.15, -0.1) is 0 Å². The molecule has 3 unspecified atom stereocenters. The first kappa shape index (κ1) is 67.6. The van der Waals surface area contributed by atoms with Crippen LogP contribution in [0.1, 0.15) is 155 Å². The maximum atomic E-state index is 12.9. The van der Waals surface area contributed by atoms with Crippen LogP contribution in [0.3, 0.4) is 0 Å². The van der Waals surface area contributed by atoms with Crippen molar-refractivity contribution in [2.45, 2.75) is 167 Å². The number of nitrogens with one attached hydrogen (secondary N) is 1. The third-order valence-electron chi connectivity index (χ3n) is 10.6. The molecule has 0 fully saturated rings. The van der Waals surface area contributed by atoms with E-state index in [1.54, 1.807) is 6.08 Å². The Balaban J connectivity index is 4.27. The Kier molecular flexibility index (Phi) is 48.4. The molecular formula is C63H99N2O6P. The number of phosphoric ester groups is 1. The van der Waals surface area contributed by atoms with Crippen LogP contribution in [-0.4, -0.2) is 68.5 Å². The van der Waals surface area contributed by atoms with Gasteiger partial charge < -0.3 is 28.8 Å². The molecule has 9 heteroatoms. The topological polar surface area (TPSA) is 108 Å². The van der Waals surface area contributed by atoms with Gasteiger partial charge in [0.25, 0.3) is 7.82 Å². The minimum atomic E-state index is -4.63. The van der Waals surface area contributed by atoms with Gasteiger partial charge in [0, 0.05) is 6.42 Å². The van der Waals surface area contributed by atoms with E-state index in [1.165, 1.54) is 0 Å². The molecule has 2 N–H and O–H groups in total. The molecule has 0 bridgehead atoms. The molecule has 0 aromatic carbocycles. The van der Waals surface area contributed by atoms with Crippen molar-refractivity contribution in [2.75, 3.05) is 40.9 Å². The molecule has 0 aliphatic rings. The summed E-state index contributed by atoms with van der Waals surface area (Å²) in [5, 5.41) is 13.7. The van der Waals surface area contributed by atoms with E-state index >= 15 is 0 Å².